The Morgan fingerprint density at radius 3 is 2.70 bits per heavy atom. The summed E-state index contributed by atoms with van der Waals surface area (Å²) in [5.41, 5.74) is 0.761. The molecule has 8 heteroatoms. The van der Waals surface area contributed by atoms with Gasteiger partial charge < -0.3 is 19.0 Å². The maximum absolute atomic E-state index is 12.9. The van der Waals surface area contributed by atoms with Gasteiger partial charge in [0.2, 0.25) is 0 Å². The number of hydrogen-bond acceptors (Lipinski definition) is 6. The number of furan rings is 1. The van der Waals surface area contributed by atoms with Crippen LogP contribution in [0.3, 0.4) is 0 Å². The van der Waals surface area contributed by atoms with Crippen molar-refractivity contribution in [2.24, 2.45) is 0 Å². The van der Waals surface area contributed by atoms with E-state index in [0.29, 0.717) is 30.8 Å². The molecule has 1 atom stereocenters. The minimum absolute atomic E-state index is 0.0524. The van der Waals surface area contributed by atoms with Crippen LogP contribution < -0.4 is 0 Å². The highest BCUT2D eigenvalue weighted by Gasteiger charge is 2.42. The average molecular weight is 404 g/mol. The maximum Gasteiger partial charge on any atom is 0.290 e. The van der Waals surface area contributed by atoms with Gasteiger partial charge in [0, 0.05) is 37.9 Å². The van der Waals surface area contributed by atoms with Crippen molar-refractivity contribution in [2.45, 2.75) is 19.0 Å². The molecular formula is C22H20N4O4. The van der Waals surface area contributed by atoms with Gasteiger partial charge in [-0.3, -0.25) is 14.6 Å². The molecular weight excluding hydrogens is 384 g/mol. The van der Waals surface area contributed by atoms with Crippen LogP contribution in [-0.4, -0.2) is 42.8 Å². The van der Waals surface area contributed by atoms with Crippen LogP contribution in [0.15, 0.2) is 83.5 Å². The zero-order valence-corrected chi connectivity index (χ0v) is 16.1. The summed E-state index contributed by atoms with van der Waals surface area (Å²) in [5, 5.41) is 10.5. The van der Waals surface area contributed by atoms with Crippen LogP contribution >= 0.6 is 0 Å². The lowest BCUT2D eigenvalue weighted by Crippen LogP contribution is -2.32. The van der Waals surface area contributed by atoms with Crippen molar-refractivity contribution in [3.05, 3.63) is 90.4 Å². The standard InChI is InChI=1S/C22H20N4O4/c27-18(5-4-17-3-1-14-30-17)19-20(16-6-8-23-9-7-16)26(22(29)21(19)28)12-2-11-25-13-10-24-15-25/h1,3-10,13-15,20,28H,2,11-12H2. The van der Waals surface area contributed by atoms with Gasteiger partial charge in [-0.2, -0.15) is 0 Å². The number of ketones is 1. The van der Waals surface area contributed by atoms with Gasteiger partial charge in [-0.25, -0.2) is 4.98 Å². The van der Waals surface area contributed by atoms with Gasteiger partial charge in [-0.1, -0.05) is 0 Å². The molecule has 8 nitrogen and oxygen atoms in total. The number of aromatic nitrogens is 3. The Morgan fingerprint density at radius 2 is 2.00 bits per heavy atom. The van der Waals surface area contributed by atoms with Crippen LogP contribution in [0.5, 0.6) is 0 Å². The van der Waals surface area contributed by atoms with E-state index in [0.717, 1.165) is 0 Å². The van der Waals surface area contributed by atoms with Crippen LogP contribution in [0.1, 0.15) is 23.8 Å². The first kappa shape index (κ1) is 19.4. The number of hydrogen-bond donors (Lipinski definition) is 1. The van der Waals surface area contributed by atoms with Crippen molar-refractivity contribution >= 4 is 17.8 Å². The number of carbonyl (C=O) groups is 2. The lowest BCUT2D eigenvalue weighted by Gasteiger charge is -2.26. The van der Waals surface area contributed by atoms with E-state index in [1.165, 1.54) is 23.3 Å². The van der Waals surface area contributed by atoms with Gasteiger partial charge in [0.15, 0.2) is 11.5 Å². The summed E-state index contributed by atoms with van der Waals surface area (Å²) in [4.78, 5) is 35.3. The summed E-state index contributed by atoms with van der Waals surface area (Å²) in [6.45, 7) is 1.03. The lowest BCUT2D eigenvalue weighted by molar-refractivity contribution is -0.129. The number of rotatable bonds is 8. The smallest absolute Gasteiger partial charge is 0.290 e. The van der Waals surface area contributed by atoms with Gasteiger partial charge in [0.25, 0.3) is 5.91 Å². The average Bonchev–Trinajstić information content (AvgIpc) is 3.51. The monoisotopic (exact) mass is 404 g/mol. The molecule has 0 spiro atoms. The number of aryl methyl sites for hydroxylation is 1. The van der Waals surface area contributed by atoms with Gasteiger partial charge in [-0.15, -0.1) is 0 Å². The Morgan fingerprint density at radius 1 is 1.17 bits per heavy atom. The van der Waals surface area contributed by atoms with Gasteiger partial charge >= 0.3 is 0 Å². The molecule has 4 rings (SSSR count). The van der Waals surface area contributed by atoms with E-state index in [9.17, 15) is 14.7 Å². The first-order chi connectivity index (χ1) is 14.6. The van der Waals surface area contributed by atoms with Crippen LogP contribution in [0.2, 0.25) is 0 Å². The van der Waals surface area contributed by atoms with Crippen LogP contribution in [0.25, 0.3) is 6.08 Å². The fourth-order valence-corrected chi connectivity index (χ4v) is 3.50. The zero-order valence-electron chi connectivity index (χ0n) is 16.1. The quantitative estimate of drug-likeness (QED) is 0.579. The fraction of sp³-hybridized carbons (Fsp3) is 0.182. The number of aliphatic hydroxyl groups excluding tert-OH is 1. The third-order valence-electron chi connectivity index (χ3n) is 4.91. The molecule has 3 aromatic rings. The summed E-state index contributed by atoms with van der Waals surface area (Å²) < 4.78 is 7.12. The Kier molecular flexibility index (Phi) is 5.56. The fourth-order valence-electron chi connectivity index (χ4n) is 3.50. The van der Waals surface area contributed by atoms with E-state index >= 15 is 0 Å². The normalized spacial score (nSPS) is 16.7. The van der Waals surface area contributed by atoms with E-state index < -0.39 is 23.5 Å². The molecule has 1 aliphatic heterocycles. The molecule has 0 saturated carbocycles. The summed E-state index contributed by atoms with van der Waals surface area (Å²) in [5.74, 6) is -1.02. The molecule has 0 fully saturated rings. The maximum atomic E-state index is 12.9. The number of nitrogens with zero attached hydrogens (tertiary/aromatic N) is 4. The number of allylic oxidation sites excluding steroid dienone is 1. The highest BCUT2D eigenvalue weighted by atomic mass is 16.3. The predicted octanol–water partition coefficient (Wildman–Crippen LogP) is 2.94. The molecule has 1 unspecified atom stereocenters. The molecule has 152 valence electrons. The first-order valence-corrected chi connectivity index (χ1v) is 9.51. The van der Waals surface area contributed by atoms with Crippen molar-refractivity contribution in [3.8, 4) is 0 Å². The highest BCUT2D eigenvalue weighted by molar-refractivity contribution is 6.14. The Hall–Kier alpha value is -3.94. The number of amides is 1. The topological polar surface area (TPSA) is 101 Å². The van der Waals surface area contributed by atoms with Crippen molar-refractivity contribution in [1.82, 2.24) is 19.4 Å². The highest BCUT2D eigenvalue weighted by Crippen LogP contribution is 2.37. The molecule has 30 heavy (non-hydrogen) atoms. The predicted molar refractivity (Wildman–Crippen MR) is 108 cm³/mol. The molecule has 0 aromatic carbocycles. The third kappa shape index (κ3) is 3.93. The summed E-state index contributed by atoms with van der Waals surface area (Å²) >= 11 is 0. The minimum Gasteiger partial charge on any atom is -0.503 e. The zero-order chi connectivity index (χ0) is 20.9. The number of aliphatic hydroxyl groups is 1. The second-order valence-electron chi connectivity index (χ2n) is 6.81. The Labute approximate surface area is 172 Å². The van der Waals surface area contributed by atoms with E-state index in [-0.39, 0.29) is 5.57 Å². The molecule has 1 aliphatic rings. The van der Waals surface area contributed by atoms with Crippen LogP contribution in [0.4, 0.5) is 0 Å². The van der Waals surface area contributed by atoms with E-state index in [4.69, 9.17) is 4.42 Å². The van der Waals surface area contributed by atoms with Gasteiger partial charge in [-0.05, 0) is 48.4 Å². The van der Waals surface area contributed by atoms with Crippen LogP contribution in [-0.2, 0) is 16.1 Å². The summed E-state index contributed by atoms with van der Waals surface area (Å²) in [6.07, 6.45) is 13.4. The molecule has 0 radical (unpaired) electrons. The van der Waals surface area contributed by atoms with Crippen molar-refractivity contribution in [3.63, 3.8) is 0 Å². The van der Waals surface area contributed by atoms with E-state index in [1.54, 1.807) is 49.2 Å². The third-order valence-corrected chi connectivity index (χ3v) is 4.91. The van der Waals surface area contributed by atoms with Crippen LogP contribution in [0, 0.1) is 0 Å². The molecule has 1 N–H and O–H groups in total. The number of pyridine rings is 1. The second-order valence-corrected chi connectivity index (χ2v) is 6.81. The first-order valence-electron chi connectivity index (χ1n) is 9.51. The molecule has 0 saturated heterocycles. The largest absolute Gasteiger partial charge is 0.503 e. The molecule has 1 amide bonds. The van der Waals surface area contributed by atoms with E-state index in [1.807, 2.05) is 10.8 Å². The van der Waals surface area contributed by atoms with Crippen molar-refractivity contribution in [1.29, 1.82) is 0 Å². The number of imidazole rings is 1. The SMILES string of the molecule is O=C(C=Cc1ccco1)C1=C(O)C(=O)N(CCCn2ccnc2)C1c1ccncc1. The molecule has 3 aromatic heterocycles. The summed E-state index contributed by atoms with van der Waals surface area (Å²) in [7, 11) is 0. The summed E-state index contributed by atoms with van der Waals surface area (Å²) in [6, 6.07) is 6.21. The van der Waals surface area contributed by atoms with Gasteiger partial charge in [0.05, 0.1) is 24.2 Å². The second kappa shape index (κ2) is 8.60. The molecule has 4 heterocycles. The van der Waals surface area contributed by atoms with Crippen molar-refractivity contribution in [2.75, 3.05) is 6.54 Å². The Bertz CT molecular complexity index is 1070. The molecule has 0 bridgehead atoms. The minimum atomic E-state index is -0.683. The number of carbonyl (C=O) groups excluding carboxylic acids is 2. The lowest BCUT2D eigenvalue weighted by atomic mass is 9.96. The van der Waals surface area contributed by atoms with E-state index in [2.05, 4.69) is 9.97 Å². The van der Waals surface area contributed by atoms with Gasteiger partial charge in [0.1, 0.15) is 5.76 Å². The van der Waals surface area contributed by atoms with Crippen molar-refractivity contribution < 1.29 is 19.1 Å². The molecule has 0 aliphatic carbocycles. The Balaban J connectivity index is 1.59.